The first kappa shape index (κ1) is 47.6. The third-order valence-corrected chi connectivity index (χ3v) is 11.1. The molecule has 0 aromatic heterocycles. The normalized spacial score (nSPS) is 18.1. The summed E-state index contributed by atoms with van der Waals surface area (Å²) in [7, 11) is 0. The minimum absolute atomic E-state index is 0.0776. The van der Waals surface area contributed by atoms with Gasteiger partial charge in [0.05, 0.1) is 28.9 Å². The summed E-state index contributed by atoms with van der Waals surface area (Å²) in [5.41, 5.74) is 2.94. The smallest absolute Gasteiger partial charge is 0.338 e. The van der Waals surface area contributed by atoms with Crippen LogP contribution in [0, 0.1) is 0 Å². The van der Waals surface area contributed by atoms with Crippen molar-refractivity contribution in [3.63, 3.8) is 0 Å². The fourth-order valence-electron chi connectivity index (χ4n) is 7.35. The fourth-order valence-corrected chi connectivity index (χ4v) is 7.65. The van der Waals surface area contributed by atoms with Gasteiger partial charge in [-0.25, -0.2) is 19.2 Å². The second kappa shape index (κ2) is 22.7. The molecule has 0 bridgehead atoms. The molecule has 6 aromatic carbocycles. The van der Waals surface area contributed by atoms with Gasteiger partial charge in [0.15, 0.2) is 12.2 Å². The molecule has 14 heteroatoms. The van der Waals surface area contributed by atoms with Crippen molar-refractivity contribution in [2.75, 3.05) is 6.67 Å². The van der Waals surface area contributed by atoms with Crippen molar-refractivity contribution in [2.45, 2.75) is 70.1 Å². The fraction of sp³-hybridized carbons (Fsp3) is 0.226. The number of benzene rings is 6. The van der Waals surface area contributed by atoms with Crippen molar-refractivity contribution in [1.29, 1.82) is 0 Å². The van der Waals surface area contributed by atoms with Crippen LogP contribution in [0.15, 0.2) is 158 Å². The molecule has 0 radical (unpaired) electrons. The zero-order chi connectivity index (χ0) is 47.3. The van der Waals surface area contributed by atoms with E-state index in [0.717, 1.165) is 11.1 Å². The van der Waals surface area contributed by atoms with E-state index in [0.29, 0.717) is 11.1 Å². The van der Waals surface area contributed by atoms with Crippen LogP contribution in [0.1, 0.15) is 77.5 Å². The molecule has 1 heterocycles. The summed E-state index contributed by atoms with van der Waals surface area (Å²) in [6, 6.07) is 42.6. The van der Waals surface area contributed by atoms with E-state index in [4.69, 9.17) is 44.8 Å². The lowest BCUT2D eigenvalue weighted by Crippen LogP contribution is -2.65. The largest absolute Gasteiger partial charge is 0.461 e. The number of rotatable bonds is 17. The number of alkyl halides is 1. The monoisotopic (exact) mass is 928 g/mol. The van der Waals surface area contributed by atoms with E-state index in [1.54, 1.807) is 109 Å². The van der Waals surface area contributed by atoms with Crippen molar-refractivity contribution in [2.24, 2.45) is 0 Å². The molecule has 0 N–H and O–H groups in total. The van der Waals surface area contributed by atoms with Crippen LogP contribution >= 0.6 is 11.6 Å². The lowest BCUT2D eigenvalue weighted by atomic mass is 9.94. The van der Waals surface area contributed by atoms with Crippen molar-refractivity contribution in [3.8, 4) is 5.75 Å². The number of ether oxygens (including phenoxy) is 7. The molecule has 6 atom stereocenters. The molecule has 1 saturated heterocycles. The molecule has 0 saturated carbocycles. The van der Waals surface area contributed by atoms with Gasteiger partial charge in [-0.15, -0.1) is 0 Å². The van der Waals surface area contributed by atoms with Crippen LogP contribution in [0.5, 0.6) is 5.75 Å². The Kier molecular flexibility index (Phi) is 16.1. The number of esters is 5. The highest BCUT2D eigenvalue weighted by atomic mass is 35.5. The van der Waals surface area contributed by atoms with Crippen LogP contribution in [0.4, 0.5) is 4.39 Å². The molecule has 344 valence electrons. The van der Waals surface area contributed by atoms with Crippen LogP contribution in [-0.2, 0) is 52.7 Å². The quantitative estimate of drug-likeness (QED) is 0.0633. The number of carbonyl (C=O) groups is 5. The Hall–Kier alpha value is -7.35. The maximum absolute atomic E-state index is 14.2. The van der Waals surface area contributed by atoms with Gasteiger partial charge in [-0.3, -0.25) is 9.18 Å². The summed E-state index contributed by atoms with van der Waals surface area (Å²) in [6.07, 6.45) is -9.12. The molecular weight excluding hydrogens is 883 g/mol. The maximum atomic E-state index is 14.2. The van der Waals surface area contributed by atoms with Gasteiger partial charge in [-0.1, -0.05) is 109 Å². The van der Waals surface area contributed by atoms with Crippen LogP contribution in [0.3, 0.4) is 0 Å². The third-order valence-electron chi connectivity index (χ3n) is 10.7. The molecule has 0 spiro atoms. The van der Waals surface area contributed by atoms with E-state index < -0.39 is 73.3 Å². The van der Waals surface area contributed by atoms with E-state index >= 15 is 0 Å². The summed E-state index contributed by atoms with van der Waals surface area (Å²) in [4.78, 5) is 68.1. The lowest BCUT2D eigenvalue weighted by Gasteiger charge is -2.45. The number of carbonyl (C=O) groups excluding carboxylic acids is 5. The van der Waals surface area contributed by atoms with E-state index in [1.807, 2.05) is 12.1 Å². The third kappa shape index (κ3) is 12.5. The Labute approximate surface area is 391 Å². The van der Waals surface area contributed by atoms with Gasteiger partial charge in [-0.05, 0) is 84.3 Å². The van der Waals surface area contributed by atoms with Crippen LogP contribution in [0.2, 0.25) is 5.02 Å². The Bertz CT molecular complexity index is 2630. The molecule has 1 aliphatic heterocycles. The zero-order valence-electron chi connectivity index (χ0n) is 36.5. The molecule has 0 amide bonds. The molecule has 7 rings (SSSR count). The second-order valence-electron chi connectivity index (χ2n) is 15.5. The van der Waals surface area contributed by atoms with Gasteiger partial charge in [-0.2, -0.15) is 0 Å². The first-order valence-corrected chi connectivity index (χ1v) is 21.8. The highest BCUT2D eigenvalue weighted by molar-refractivity contribution is 6.31. The van der Waals surface area contributed by atoms with Crippen molar-refractivity contribution in [3.05, 3.63) is 207 Å². The van der Waals surface area contributed by atoms with Gasteiger partial charge in [0.2, 0.25) is 12.4 Å². The number of hydrogen-bond donors (Lipinski definition) is 0. The molecule has 67 heavy (non-hydrogen) atoms. The van der Waals surface area contributed by atoms with Crippen LogP contribution in [-0.4, -0.2) is 73.3 Å². The minimum atomic E-state index is -1.72. The average Bonchev–Trinajstić information content (AvgIpc) is 3.35. The maximum Gasteiger partial charge on any atom is 0.338 e. The highest BCUT2D eigenvalue weighted by Crippen LogP contribution is 2.38. The van der Waals surface area contributed by atoms with Gasteiger partial charge < -0.3 is 33.2 Å². The van der Waals surface area contributed by atoms with Crippen molar-refractivity contribution in [1.82, 2.24) is 0 Å². The summed E-state index contributed by atoms with van der Waals surface area (Å²) in [5.74, 6) is -3.85. The average molecular weight is 929 g/mol. The first-order valence-electron chi connectivity index (χ1n) is 21.4. The Balaban J connectivity index is 1.38. The van der Waals surface area contributed by atoms with E-state index in [-0.39, 0.29) is 52.5 Å². The lowest BCUT2D eigenvalue weighted by molar-refractivity contribution is -0.284. The molecule has 12 nitrogen and oxygen atoms in total. The predicted molar refractivity (Wildman–Crippen MR) is 243 cm³/mol. The van der Waals surface area contributed by atoms with E-state index in [1.165, 1.54) is 50.2 Å². The molecule has 1 aliphatic rings. The van der Waals surface area contributed by atoms with Gasteiger partial charge in [0.1, 0.15) is 24.6 Å². The molecule has 6 aromatic rings. The number of halogens is 2. The molecular formula is C53H46ClFO12. The standard InChI is InChI=1S/C53H46ClFO12/c1-33(62-49(57)38-15-7-3-8-16-38)45-46(64-50(58)39-17-9-4-10-18-39)47(65-51(59)40-19-11-5-12-20-40)48(66-52(60)41-21-13-6-14-22-41)53(67-45)63-44-31-37(32-61-34(2)56)30-43(54)42(44)29-36-25-23-35(24-26-36)27-28-55/h3-26,30-31,33,45-48,53H,27-29,32H2,1-2H3/t33-,45-,46-,47+,48-,53-/m1/s1. The highest BCUT2D eigenvalue weighted by Gasteiger charge is 2.56. The number of aryl methyl sites for hydroxylation is 1. The topological polar surface area (TPSA) is 150 Å². The van der Waals surface area contributed by atoms with Crippen LogP contribution in [0.25, 0.3) is 0 Å². The predicted octanol–water partition coefficient (Wildman–Crippen LogP) is 9.53. The zero-order valence-corrected chi connectivity index (χ0v) is 37.2. The van der Waals surface area contributed by atoms with Gasteiger partial charge in [0, 0.05) is 30.4 Å². The Morgan fingerprint density at radius 1 is 0.597 bits per heavy atom. The van der Waals surface area contributed by atoms with E-state index in [2.05, 4.69) is 0 Å². The molecule has 0 unspecified atom stereocenters. The number of hydrogen-bond acceptors (Lipinski definition) is 12. The van der Waals surface area contributed by atoms with Crippen molar-refractivity contribution >= 4 is 41.4 Å². The van der Waals surface area contributed by atoms with Crippen LogP contribution < -0.4 is 4.74 Å². The molecule has 0 aliphatic carbocycles. The summed E-state index contributed by atoms with van der Waals surface area (Å²) in [5, 5.41) is 0.199. The van der Waals surface area contributed by atoms with Crippen molar-refractivity contribution < 1.29 is 61.5 Å². The summed E-state index contributed by atoms with van der Waals surface area (Å²) in [6.45, 7) is 2.03. The summed E-state index contributed by atoms with van der Waals surface area (Å²) < 4.78 is 56.7. The second-order valence-corrected chi connectivity index (χ2v) is 15.9. The van der Waals surface area contributed by atoms with Gasteiger partial charge >= 0.3 is 29.8 Å². The Morgan fingerprint density at radius 2 is 1.06 bits per heavy atom. The first-order chi connectivity index (χ1) is 32.5. The molecule has 1 fully saturated rings. The van der Waals surface area contributed by atoms with Gasteiger partial charge in [0.25, 0.3) is 0 Å². The van der Waals surface area contributed by atoms with E-state index in [9.17, 15) is 28.4 Å². The summed E-state index contributed by atoms with van der Waals surface area (Å²) >= 11 is 7.02. The SMILES string of the molecule is CC(=O)OCc1cc(Cl)c(Cc2ccc(CCF)cc2)c(O[C@@H]2O[C@H]([C@@H](C)OC(=O)c3ccccc3)[C@@H](OC(=O)c3ccccc3)[C@H](OC(=O)c3ccccc3)[C@H]2OC(=O)c2ccccc2)c1. The Morgan fingerprint density at radius 3 is 1.55 bits per heavy atom. The minimum Gasteiger partial charge on any atom is -0.461 e.